The molecular formula is C31H29F2NO4S2. The summed E-state index contributed by atoms with van der Waals surface area (Å²) in [4.78, 5) is 2.83. The fraction of sp³-hybridized carbons (Fsp3) is 0.290. The van der Waals surface area contributed by atoms with E-state index in [1.165, 1.54) is 37.1 Å². The number of fused-ring (bicyclic) bond motifs is 5. The SMILES string of the molecule is CS(=O)(=O)Oc1ccc2c3c(ccc2c1)-c1cc(F)cc(F)c1SC3c1ccc(OCCN2CCCCC2)cc1. The van der Waals surface area contributed by atoms with E-state index in [1.807, 2.05) is 36.4 Å². The molecule has 5 nitrogen and oxygen atoms in total. The van der Waals surface area contributed by atoms with Crippen LogP contribution in [-0.2, 0) is 10.1 Å². The standard InChI is InChI=1S/C31H29F2NO4S2/c1-40(35,36)38-24-10-12-25-21(17-24)7-11-26-27-18-22(32)19-28(33)31(27)39-30(29(25)26)20-5-8-23(9-6-20)37-16-15-34-13-3-2-4-14-34/h5-12,17-19,30H,2-4,13-16H2,1H3. The number of hydrogen-bond donors (Lipinski definition) is 0. The maximum absolute atomic E-state index is 15.0. The molecule has 0 bridgehead atoms. The molecule has 0 saturated carbocycles. The lowest BCUT2D eigenvalue weighted by molar-refractivity contribution is 0.183. The minimum atomic E-state index is -3.69. The Hall–Kier alpha value is -3.14. The number of likely N-dealkylation sites (tertiary alicyclic amines) is 1. The summed E-state index contributed by atoms with van der Waals surface area (Å²) in [5, 5.41) is 1.34. The third-order valence-corrected chi connectivity index (χ3v) is 9.27. The van der Waals surface area contributed by atoms with Crippen molar-refractivity contribution in [3.8, 4) is 22.6 Å². The summed E-state index contributed by atoms with van der Waals surface area (Å²) in [6.45, 7) is 3.76. The van der Waals surface area contributed by atoms with Crippen molar-refractivity contribution in [2.75, 3.05) is 32.5 Å². The molecule has 9 heteroatoms. The predicted octanol–water partition coefficient (Wildman–Crippen LogP) is 7.18. The van der Waals surface area contributed by atoms with Crippen LogP contribution in [-0.4, -0.2) is 45.8 Å². The van der Waals surface area contributed by atoms with Crippen molar-refractivity contribution in [3.05, 3.63) is 89.5 Å². The normalized spacial score (nSPS) is 17.3. The molecule has 40 heavy (non-hydrogen) atoms. The highest BCUT2D eigenvalue weighted by atomic mass is 32.2. The Kier molecular flexibility index (Phi) is 7.46. The van der Waals surface area contributed by atoms with Crippen LogP contribution in [0.3, 0.4) is 0 Å². The van der Waals surface area contributed by atoms with E-state index in [0.29, 0.717) is 17.1 Å². The molecule has 0 spiro atoms. The fourth-order valence-electron chi connectivity index (χ4n) is 5.58. The van der Waals surface area contributed by atoms with Crippen LogP contribution < -0.4 is 8.92 Å². The van der Waals surface area contributed by atoms with E-state index in [4.69, 9.17) is 8.92 Å². The van der Waals surface area contributed by atoms with Crippen LogP contribution in [0, 0.1) is 11.6 Å². The molecule has 1 saturated heterocycles. The highest BCUT2D eigenvalue weighted by Crippen LogP contribution is 2.55. The zero-order valence-electron chi connectivity index (χ0n) is 22.0. The first-order valence-electron chi connectivity index (χ1n) is 13.3. The summed E-state index contributed by atoms with van der Waals surface area (Å²) in [6, 6.07) is 18.9. The molecule has 0 aliphatic carbocycles. The summed E-state index contributed by atoms with van der Waals surface area (Å²) in [5.41, 5.74) is 3.10. The molecule has 1 atom stereocenters. The van der Waals surface area contributed by atoms with Gasteiger partial charge in [0, 0.05) is 18.2 Å². The lowest BCUT2D eigenvalue weighted by atomic mass is 9.89. The number of halogens is 2. The summed E-state index contributed by atoms with van der Waals surface area (Å²) in [6.07, 6.45) is 4.78. The molecule has 1 unspecified atom stereocenters. The first-order valence-corrected chi connectivity index (χ1v) is 16.0. The Bertz CT molecular complexity index is 1670. The molecule has 2 aliphatic rings. The quantitative estimate of drug-likeness (QED) is 0.216. The molecule has 0 amide bonds. The number of rotatable bonds is 7. The van der Waals surface area contributed by atoms with Crippen molar-refractivity contribution in [1.82, 2.24) is 4.90 Å². The van der Waals surface area contributed by atoms with Crippen LogP contribution in [0.15, 0.2) is 71.6 Å². The van der Waals surface area contributed by atoms with Crippen LogP contribution in [0.4, 0.5) is 8.78 Å². The molecule has 1 fully saturated rings. The van der Waals surface area contributed by atoms with E-state index in [1.54, 1.807) is 18.2 Å². The number of benzene rings is 4. The maximum atomic E-state index is 15.0. The van der Waals surface area contributed by atoms with Gasteiger partial charge in [0.1, 0.15) is 29.7 Å². The van der Waals surface area contributed by atoms with Gasteiger partial charge in [0.15, 0.2) is 0 Å². The molecule has 6 rings (SSSR count). The average molecular weight is 582 g/mol. The Balaban J connectivity index is 1.35. The number of piperidine rings is 1. The molecule has 0 radical (unpaired) electrons. The van der Waals surface area contributed by atoms with Gasteiger partial charge < -0.3 is 8.92 Å². The smallest absolute Gasteiger partial charge is 0.306 e. The second-order valence-corrected chi connectivity index (χ2v) is 13.0. The minimum absolute atomic E-state index is 0.207. The van der Waals surface area contributed by atoms with Gasteiger partial charge in [-0.25, -0.2) is 8.78 Å². The van der Waals surface area contributed by atoms with Gasteiger partial charge in [-0.2, -0.15) is 8.42 Å². The van der Waals surface area contributed by atoms with Gasteiger partial charge >= 0.3 is 10.1 Å². The minimum Gasteiger partial charge on any atom is -0.492 e. The number of nitrogens with zero attached hydrogens (tertiary/aromatic N) is 1. The third kappa shape index (κ3) is 5.68. The van der Waals surface area contributed by atoms with Crippen LogP contribution >= 0.6 is 11.8 Å². The highest BCUT2D eigenvalue weighted by Gasteiger charge is 2.31. The van der Waals surface area contributed by atoms with E-state index in [2.05, 4.69) is 4.90 Å². The number of thioether (sulfide) groups is 1. The molecule has 0 N–H and O–H groups in total. The predicted molar refractivity (Wildman–Crippen MR) is 155 cm³/mol. The second kappa shape index (κ2) is 11.0. The molecule has 4 aromatic rings. The van der Waals surface area contributed by atoms with E-state index < -0.39 is 21.8 Å². The Morgan fingerprint density at radius 2 is 1.65 bits per heavy atom. The zero-order valence-corrected chi connectivity index (χ0v) is 23.7. The van der Waals surface area contributed by atoms with Crippen molar-refractivity contribution in [2.24, 2.45) is 0 Å². The molecular weight excluding hydrogens is 552 g/mol. The zero-order chi connectivity index (χ0) is 27.9. The first kappa shape index (κ1) is 27.1. The van der Waals surface area contributed by atoms with Gasteiger partial charge in [-0.15, -0.1) is 11.8 Å². The van der Waals surface area contributed by atoms with Gasteiger partial charge in [0.25, 0.3) is 0 Å². The van der Waals surface area contributed by atoms with Crippen molar-refractivity contribution in [2.45, 2.75) is 29.4 Å². The maximum Gasteiger partial charge on any atom is 0.306 e. The van der Waals surface area contributed by atoms with Gasteiger partial charge in [0.05, 0.1) is 16.4 Å². The summed E-state index contributed by atoms with van der Waals surface area (Å²) in [7, 11) is -3.69. The number of ether oxygens (including phenoxy) is 1. The van der Waals surface area contributed by atoms with Crippen molar-refractivity contribution in [1.29, 1.82) is 0 Å². The van der Waals surface area contributed by atoms with Crippen molar-refractivity contribution < 1.29 is 26.1 Å². The lowest BCUT2D eigenvalue weighted by Crippen LogP contribution is -2.33. The van der Waals surface area contributed by atoms with Gasteiger partial charge in [0.2, 0.25) is 0 Å². The van der Waals surface area contributed by atoms with E-state index >= 15 is 4.39 Å². The summed E-state index contributed by atoms with van der Waals surface area (Å²) in [5.74, 6) is -0.246. The Morgan fingerprint density at radius 1 is 0.900 bits per heavy atom. The fourth-order valence-corrected chi connectivity index (χ4v) is 7.40. The monoisotopic (exact) mass is 581 g/mol. The van der Waals surface area contributed by atoms with Gasteiger partial charge in [-0.05, 0) is 83.7 Å². The highest BCUT2D eigenvalue weighted by molar-refractivity contribution is 8.00. The Labute approximate surface area is 237 Å². The Morgan fingerprint density at radius 3 is 2.40 bits per heavy atom. The van der Waals surface area contributed by atoms with E-state index in [0.717, 1.165) is 65.2 Å². The van der Waals surface area contributed by atoms with Crippen LogP contribution in [0.1, 0.15) is 35.6 Å². The van der Waals surface area contributed by atoms with Gasteiger partial charge in [-0.3, -0.25) is 4.90 Å². The number of hydrogen-bond acceptors (Lipinski definition) is 6. The van der Waals surface area contributed by atoms with Crippen LogP contribution in [0.5, 0.6) is 11.5 Å². The third-order valence-electron chi connectivity index (χ3n) is 7.38. The second-order valence-electron chi connectivity index (χ2n) is 10.3. The topological polar surface area (TPSA) is 55.8 Å². The van der Waals surface area contributed by atoms with Crippen molar-refractivity contribution >= 4 is 32.7 Å². The summed E-state index contributed by atoms with van der Waals surface area (Å²) < 4.78 is 63.8. The van der Waals surface area contributed by atoms with Crippen molar-refractivity contribution in [3.63, 3.8) is 0 Å². The van der Waals surface area contributed by atoms with Gasteiger partial charge in [-0.1, -0.05) is 36.8 Å². The first-order chi connectivity index (χ1) is 19.2. The molecule has 4 aromatic carbocycles. The largest absolute Gasteiger partial charge is 0.492 e. The van der Waals surface area contributed by atoms with Crippen LogP contribution in [0.2, 0.25) is 0 Å². The summed E-state index contributed by atoms with van der Waals surface area (Å²) >= 11 is 1.34. The van der Waals surface area contributed by atoms with E-state index in [9.17, 15) is 12.8 Å². The average Bonchev–Trinajstić information content (AvgIpc) is 2.92. The molecule has 2 heterocycles. The lowest BCUT2D eigenvalue weighted by Gasteiger charge is -2.29. The van der Waals surface area contributed by atoms with Crippen LogP contribution in [0.25, 0.3) is 21.9 Å². The van der Waals surface area contributed by atoms with E-state index in [-0.39, 0.29) is 11.0 Å². The molecule has 0 aromatic heterocycles. The molecule has 2 aliphatic heterocycles. The molecule has 208 valence electrons.